The molecular weight excluding hydrogens is 377 g/mol. The van der Waals surface area contributed by atoms with Crippen molar-refractivity contribution in [3.63, 3.8) is 0 Å². The normalized spacial score (nSPS) is 15.0. The van der Waals surface area contributed by atoms with E-state index >= 15 is 0 Å². The van der Waals surface area contributed by atoms with Crippen molar-refractivity contribution < 1.29 is 29.3 Å². The van der Waals surface area contributed by atoms with E-state index in [1.807, 2.05) is 0 Å². The lowest BCUT2D eigenvalue weighted by atomic mass is 10.1. The number of allylic oxidation sites excluding steroid dienone is 1. The Balaban J connectivity index is 3.63. The van der Waals surface area contributed by atoms with E-state index in [0.717, 1.165) is 44.9 Å². The van der Waals surface area contributed by atoms with Crippen LogP contribution in [0.5, 0.6) is 0 Å². The van der Waals surface area contributed by atoms with Gasteiger partial charge in [-0.05, 0) is 32.1 Å². The average Bonchev–Trinajstić information content (AvgIpc) is 2.50. The monoisotopic (exact) mass is 409 g/mol. The highest BCUT2D eigenvalue weighted by atomic mass is 32.5. The Morgan fingerprint density at radius 2 is 1.42 bits per heavy atom. The van der Waals surface area contributed by atoms with Crippen LogP contribution in [0.2, 0.25) is 0 Å². The molecule has 0 aromatic rings. The van der Waals surface area contributed by atoms with Gasteiger partial charge in [-0.1, -0.05) is 57.6 Å². The highest BCUT2D eigenvalue weighted by Crippen LogP contribution is 2.98. The number of carbonyl (C=O) groups is 1. The van der Waals surface area contributed by atoms with E-state index in [4.69, 9.17) is 5.11 Å². The molecule has 0 aliphatic carbocycles. The van der Waals surface area contributed by atoms with Gasteiger partial charge in [-0.25, -0.2) is 0 Å². The van der Waals surface area contributed by atoms with Crippen LogP contribution in [0.1, 0.15) is 70.6 Å². The quantitative estimate of drug-likeness (QED) is 0.246. The topological polar surface area (TPSA) is 40.5 Å². The van der Waals surface area contributed by atoms with Crippen molar-refractivity contribution in [2.75, 3.05) is 20.2 Å². The van der Waals surface area contributed by atoms with Gasteiger partial charge < -0.3 is 10.0 Å². The summed E-state index contributed by atoms with van der Waals surface area (Å²) >= 11 is 0. The molecule has 0 aromatic heterocycles. The predicted molar refractivity (Wildman–Crippen MR) is 97.8 cm³/mol. The number of carbonyl (C=O) groups excluding carboxylic acids is 1. The Labute approximate surface area is 153 Å². The molecule has 26 heavy (non-hydrogen) atoms. The van der Waals surface area contributed by atoms with E-state index in [1.54, 1.807) is 11.9 Å². The number of rotatable bonds is 15. The number of hydrogen-bond donors (Lipinski definition) is 1. The minimum absolute atomic E-state index is 0.0243. The van der Waals surface area contributed by atoms with Gasteiger partial charge in [0.25, 0.3) is 0 Å². The van der Waals surface area contributed by atoms with Gasteiger partial charge in [0.2, 0.25) is 5.91 Å². The zero-order valence-corrected chi connectivity index (χ0v) is 16.3. The fourth-order valence-electron chi connectivity index (χ4n) is 2.45. The summed E-state index contributed by atoms with van der Waals surface area (Å²) in [6.45, 7) is 0.893. The average molecular weight is 410 g/mol. The van der Waals surface area contributed by atoms with Crippen LogP contribution in [0, 0.1) is 0 Å². The summed E-state index contributed by atoms with van der Waals surface area (Å²) in [5, 5.41) is 7.80. The van der Waals surface area contributed by atoms with Gasteiger partial charge in [0.1, 0.15) is 0 Å². The molecule has 0 aliphatic rings. The molecule has 158 valence electrons. The maximum atomic E-state index is 12.0. The predicted octanol–water partition coefficient (Wildman–Crippen LogP) is 6.54. The van der Waals surface area contributed by atoms with Crippen LogP contribution < -0.4 is 0 Å². The van der Waals surface area contributed by atoms with Gasteiger partial charge in [-0.3, -0.25) is 4.79 Å². The molecule has 0 fully saturated rings. The van der Waals surface area contributed by atoms with Crippen LogP contribution >= 0.6 is 10.2 Å². The van der Waals surface area contributed by atoms with Gasteiger partial charge in [-0.15, -0.1) is 0 Å². The minimum atomic E-state index is -9.40. The number of nitrogens with zero attached hydrogens (tertiary/aromatic N) is 1. The molecule has 0 saturated heterocycles. The van der Waals surface area contributed by atoms with Crippen molar-refractivity contribution in [2.24, 2.45) is 0 Å². The fraction of sp³-hybridized carbons (Fsp3) is 0.824. The van der Waals surface area contributed by atoms with Gasteiger partial charge in [-0.2, -0.15) is 0 Å². The van der Waals surface area contributed by atoms with Crippen molar-refractivity contribution >= 4 is 16.1 Å². The SMILES string of the molecule is CN(CCCCCCO)C(=O)CCCCCCCC=CS(F)(F)(F)(F)F. The summed E-state index contributed by atoms with van der Waals surface area (Å²) in [6.07, 6.45) is 7.90. The van der Waals surface area contributed by atoms with Crippen LogP contribution in [-0.2, 0) is 4.79 Å². The van der Waals surface area contributed by atoms with Crippen molar-refractivity contribution in [3.8, 4) is 0 Å². The van der Waals surface area contributed by atoms with Crippen molar-refractivity contribution in [1.29, 1.82) is 0 Å². The molecular formula is C17H32F5NO2S. The summed E-state index contributed by atoms with van der Waals surface area (Å²) < 4.78 is 60.2. The Morgan fingerprint density at radius 3 is 2.04 bits per heavy atom. The zero-order valence-electron chi connectivity index (χ0n) is 15.4. The molecule has 1 N–H and O–H groups in total. The van der Waals surface area contributed by atoms with E-state index in [1.165, 1.54) is 0 Å². The maximum absolute atomic E-state index is 12.0. The first-order valence-electron chi connectivity index (χ1n) is 9.11. The Bertz CT molecular complexity index is 439. The van der Waals surface area contributed by atoms with E-state index < -0.39 is 15.6 Å². The third-order valence-corrected chi connectivity index (χ3v) is 4.65. The number of unbranched alkanes of at least 4 members (excludes halogenated alkanes) is 8. The van der Waals surface area contributed by atoms with E-state index in [2.05, 4.69) is 0 Å². The van der Waals surface area contributed by atoms with E-state index in [-0.39, 0.29) is 18.9 Å². The first kappa shape index (κ1) is 25.2. The van der Waals surface area contributed by atoms with Crippen molar-refractivity contribution in [1.82, 2.24) is 4.90 Å². The summed E-state index contributed by atoms with van der Waals surface area (Å²) in [5.74, 6) is 0.0750. The molecule has 0 spiro atoms. The molecule has 0 aliphatic heterocycles. The van der Waals surface area contributed by atoms with E-state index in [9.17, 15) is 24.2 Å². The largest absolute Gasteiger partial charge is 0.396 e. The smallest absolute Gasteiger partial charge is 0.304 e. The maximum Gasteiger partial charge on any atom is 0.304 e. The highest BCUT2D eigenvalue weighted by molar-refractivity contribution is 8.48. The Kier molecular flexibility index (Phi) is 10.2. The summed E-state index contributed by atoms with van der Waals surface area (Å²) in [5.41, 5.74) is 0. The fourth-order valence-corrected chi connectivity index (χ4v) is 2.95. The molecule has 1 amide bonds. The first-order valence-corrected chi connectivity index (χ1v) is 11.1. The van der Waals surface area contributed by atoms with E-state index in [0.29, 0.717) is 31.9 Å². The Hall–Kier alpha value is -0.830. The van der Waals surface area contributed by atoms with Gasteiger partial charge in [0, 0.05) is 26.6 Å². The molecule has 0 heterocycles. The third kappa shape index (κ3) is 18.0. The van der Waals surface area contributed by atoms with Crippen molar-refractivity contribution in [3.05, 3.63) is 11.5 Å². The lowest BCUT2D eigenvalue weighted by molar-refractivity contribution is -0.130. The number of halogens is 5. The van der Waals surface area contributed by atoms with Gasteiger partial charge in [0.05, 0.1) is 5.41 Å². The first-order chi connectivity index (χ1) is 11.8. The third-order valence-electron chi connectivity index (χ3n) is 3.94. The van der Waals surface area contributed by atoms with Gasteiger partial charge in [0.15, 0.2) is 0 Å². The molecule has 9 heteroatoms. The summed E-state index contributed by atoms with van der Waals surface area (Å²) in [4.78, 5) is 13.6. The minimum Gasteiger partial charge on any atom is -0.396 e. The van der Waals surface area contributed by atoms with Crippen LogP contribution in [0.4, 0.5) is 19.4 Å². The molecule has 0 radical (unpaired) electrons. The van der Waals surface area contributed by atoms with Crippen molar-refractivity contribution in [2.45, 2.75) is 70.6 Å². The standard InChI is InChI=1S/C17H32F5NO2S/c1-23(14-10-6-7-11-15-24)17(25)13-9-5-3-2-4-8-12-16-26(18,19,20,21)22/h12,16,24H,2-11,13-15H2,1H3. The molecule has 0 atom stereocenters. The molecule has 3 nitrogen and oxygen atoms in total. The second-order valence-electron chi connectivity index (χ2n) is 6.66. The Morgan fingerprint density at radius 1 is 0.885 bits per heavy atom. The van der Waals surface area contributed by atoms with Crippen LogP contribution in [-0.4, -0.2) is 36.1 Å². The second-order valence-corrected chi connectivity index (χ2v) is 8.99. The number of hydrogen-bond acceptors (Lipinski definition) is 2. The number of aliphatic hydroxyl groups excluding tert-OH is 1. The lowest BCUT2D eigenvalue weighted by Gasteiger charge is -2.36. The molecule has 0 bridgehead atoms. The summed E-state index contributed by atoms with van der Waals surface area (Å²) in [7, 11) is -7.64. The molecule has 0 rings (SSSR count). The number of amides is 1. The second kappa shape index (κ2) is 10.5. The lowest BCUT2D eigenvalue weighted by Crippen LogP contribution is -2.27. The van der Waals surface area contributed by atoms with Crippen LogP contribution in [0.25, 0.3) is 0 Å². The highest BCUT2D eigenvalue weighted by Gasteiger charge is 2.60. The summed E-state index contributed by atoms with van der Waals surface area (Å²) in [6, 6.07) is 0. The molecule has 0 aromatic carbocycles. The van der Waals surface area contributed by atoms with Gasteiger partial charge >= 0.3 is 10.2 Å². The number of aliphatic hydroxyl groups is 1. The zero-order chi connectivity index (χ0) is 20.2. The molecule has 0 saturated carbocycles. The molecule has 0 unspecified atom stereocenters. The van der Waals surface area contributed by atoms with Crippen LogP contribution in [0.15, 0.2) is 11.5 Å². The van der Waals surface area contributed by atoms with Crippen LogP contribution in [0.3, 0.4) is 0 Å².